The number of benzene rings is 1. The Morgan fingerprint density at radius 3 is 2.36 bits per heavy atom. The summed E-state index contributed by atoms with van der Waals surface area (Å²) in [5, 5.41) is 0.662. The quantitative estimate of drug-likeness (QED) is 0.658. The average Bonchev–Trinajstić information content (AvgIpc) is 1.85. The van der Waals surface area contributed by atoms with E-state index in [4.69, 9.17) is 34.8 Å². The zero-order chi connectivity index (χ0) is 8.43. The van der Waals surface area contributed by atoms with E-state index in [0.29, 0.717) is 5.02 Å². The summed E-state index contributed by atoms with van der Waals surface area (Å²) >= 11 is 20.3. The Kier molecular flexibility index (Phi) is 3.51. The second kappa shape index (κ2) is 3.99. The van der Waals surface area contributed by atoms with Crippen molar-refractivity contribution in [3.05, 3.63) is 33.3 Å². The molecule has 0 nitrogen and oxygen atoms in total. The predicted octanol–water partition coefficient (Wildman–Crippen LogP) is 4.58. The van der Waals surface area contributed by atoms with Crippen LogP contribution in [0.3, 0.4) is 0 Å². The van der Waals surface area contributed by atoms with Gasteiger partial charge in [-0.1, -0.05) is 33.6 Å². The van der Waals surface area contributed by atoms with Crippen LogP contribution in [0.4, 0.5) is 0 Å². The summed E-state index contributed by atoms with van der Waals surface area (Å²) < 4.78 is 0.833. The highest BCUT2D eigenvalue weighted by Gasteiger charge is 2.07. The first-order chi connectivity index (χ1) is 5.11. The Hall–Kier alpha value is 0.570. The molecule has 0 bridgehead atoms. The molecule has 1 rings (SSSR count). The van der Waals surface area contributed by atoms with Gasteiger partial charge in [-0.3, -0.25) is 0 Å². The highest BCUT2D eigenvalue weighted by molar-refractivity contribution is 9.10. The average molecular weight is 274 g/mol. The molecule has 0 aromatic heterocycles. The standard InChI is InChI=1S/C7H4BrCl3/c8-6-3-4(9)1-2-5(6)7(10)11/h1-3,7H. The predicted molar refractivity (Wildman–Crippen MR) is 53.6 cm³/mol. The first-order valence-corrected chi connectivity index (χ1v) is 4.88. The van der Waals surface area contributed by atoms with Crippen molar-refractivity contribution in [2.24, 2.45) is 0 Å². The van der Waals surface area contributed by atoms with Gasteiger partial charge in [-0.15, -0.1) is 23.2 Å². The van der Waals surface area contributed by atoms with E-state index in [9.17, 15) is 0 Å². The van der Waals surface area contributed by atoms with Crippen molar-refractivity contribution in [1.82, 2.24) is 0 Å². The van der Waals surface area contributed by atoms with E-state index in [1.165, 1.54) is 0 Å². The summed E-state index contributed by atoms with van der Waals surface area (Å²) in [6.07, 6.45) is 0. The molecule has 0 N–H and O–H groups in total. The maximum absolute atomic E-state index is 5.71. The molecule has 4 heteroatoms. The number of halogens is 4. The van der Waals surface area contributed by atoms with Gasteiger partial charge in [-0.25, -0.2) is 0 Å². The molecule has 1 aromatic carbocycles. The minimum absolute atomic E-state index is 0.512. The summed E-state index contributed by atoms with van der Waals surface area (Å²) in [4.78, 5) is -0.512. The van der Waals surface area contributed by atoms with Gasteiger partial charge in [0.2, 0.25) is 0 Å². The van der Waals surface area contributed by atoms with Crippen LogP contribution < -0.4 is 0 Å². The second-order valence-corrected chi connectivity index (χ2v) is 4.35. The number of hydrogen-bond acceptors (Lipinski definition) is 0. The first kappa shape index (κ1) is 9.66. The molecule has 0 radical (unpaired) electrons. The van der Waals surface area contributed by atoms with E-state index in [1.807, 2.05) is 0 Å². The molecule has 0 saturated heterocycles. The third-order valence-electron chi connectivity index (χ3n) is 1.20. The molecule has 0 atom stereocenters. The lowest BCUT2D eigenvalue weighted by Gasteiger charge is -2.03. The largest absolute Gasteiger partial charge is 0.133 e. The lowest BCUT2D eigenvalue weighted by atomic mass is 10.2. The Morgan fingerprint density at radius 2 is 1.91 bits per heavy atom. The molecular formula is C7H4BrCl3. The summed E-state index contributed by atoms with van der Waals surface area (Å²) in [5.41, 5.74) is 0.831. The smallest absolute Gasteiger partial charge is 0.100 e. The second-order valence-electron chi connectivity index (χ2n) is 1.97. The minimum Gasteiger partial charge on any atom is -0.100 e. The Labute approximate surface area is 88.6 Å². The SMILES string of the molecule is Clc1ccc(C(Cl)Cl)c(Br)c1. The Balaban J connectivity index is 3.09. The first-order valence-electron chi connectivity index (χ1n) is 2.84. The summed E-state index contributed by atoms with van der Waals surface area (Å²) in [6, 6.07) is 5.30. The van der Waals surface area contributed by atoms with Crippen LogP contribution in [0, 0.1) is 0 Å². The molecule has 0 aliphatic carbocycles. The highest BCUT2D eigenvalue weighted by atomic mass is 79.9. The molecule has 1 aromatic rings. The molecular weight excluding hydrogens is 270 g/mol. The highest BCUT2D eigenvalue weighted by Crippen LogP contribution is 2.32. The van der Waals surface area contributed by atoms with Crippen molar-refractivity contribution in [2.45, 2.75) is 4.84 Å². The lowest BCUT2D eigenvalue weighted by molar-refractivity contribution is 1.32. The molecule has 0 aliphatic heterocycles. The van der Waals surface area contributed by atoms with Crippen LogP contribution in [-0.4, -0.2) is 0 Å². The third kappa shape index (κ3) is 2.51. The fourth-order valence-electron chi connectivity index (χ4n) is 0.678. The molecule has 0 unspecified atom stereocenters. The van der Waals surface area contributed by atoms with Crippen molar-refractivity contribution < 1.29 is 0 Å². The van der Waals surface area contributed by atoms with Crippen molar-refractivity contribution >= 4 is 50.7 Å². The fraction of sp³-hybridized carbons (Fsp3) is 0.143. The van der Waals surface area contributed by atoms with Gasteiger partial charge in [-0.05, 0) is 17.7 Å². The van der Waals surface area contributed by atoms with Gasteiger partial charge in [0.25, 0.3) is 0 Å². The van der Waals surface area contributed by atoms with Gasteiger partial charge in [0.15, 0.2) is 0 Å². The van der Waals surface area contributed by atoms with Gasteiger partial charge in [0, 0.05) is 9.50 Å². The van der Waals surface area contributed by atoms with E-state index < -0.39 is 4.84 Å². The zero-order valence-corrected chi connectivity index (χ0v) is 9.18. The maximum Gasteiger partial charge on any atom is 0.133 e. The van der Waals surface area contributed by atoms with Gasteiger partial charge >= 0.3 is 0 Å². The molecule has 0 aliphatic rings. The minimum atomic E-state index is -0.512. The third-order valence-corrected chi connectivity index (χ3v) is 2.59. The number of alkyl halides is 2. The van der Waals surface area contributed by atoms with Crippen molar-refractivity contribution in [1.29, 1.82) is 0 Å². The van der Waals surface area contributed by atoms with E-state index in [0.717, 1.165) is 10.0 Å². The van der Waals surface area contributed by atoms with Crippen molar-refractivity contribution in [3.63, 3.8) is 0 Å². The summed E-state index contributed by atoms with van der Waals surface area (Å²) in [5.74, 6) is 0. The van der Waals surface area contributed by atoms with Crippen molar-refractivity contribution in [2.75, 3.05) is 0 Å². The van der Waals surface area contributed by atoms with Gasteiger partial charge in [0.05, 0.1) is 0 Å². The van der Waals surface area contributed by atoms with Gasteiger partial charge in [-0.2, -0.15) is 0 Å². The number of hydrogen-bond donors (Lipinski definition) is 0. The Morgan fingerprint density at radius 1 is 1.27 bits per heavy atom. The van der Waals surface area contributed by atoms with Crippen LogP contribution in [0.5, 0.6) is 0 Å². The topological polar surface area (TPSA) is 0 Å². The van der Waals surface area contributed by atoms with Gasteiger partial charge in [0.1, 0.15) is 4.84 Å². The zero-order valence-electron chi connectivity index (χ0n) is 5.32. The van der Waals surface area contributed by atoms with E-state index in [2.05, 4.69) is 15.9 Å². The molecule has 11 heavy (non-hydrogen) atoms. The maximum atomic E-state index is 5.71. The van der Waals surface area contributed by atoms with Crippen LogP contribution in [0.15, 0.2) is 22.7 Å². The molecule has 0 heterocycles. The van der Waals surface area contributed by atoms with Crippen LogP contribution in [0.1, 0.15) is 10.4 Å². The monoisotopic (exact) mass is 272 g/mol. The van der Waals surface area contributed by atoms with E-state index in [1.54, 1.807) is 18.2 Å². The summed E-state index contributed by atoms with van der Waals surface area (Å²) in [6.45, 7) is 0. The van der Waals surface area contributed by atoms with Crippen molar-refractivity contribution in [3.8, 4) is 0 Å². The molecule has 60 valence electrons. The normalized spacial score (nSPS) is 10.6. The van der Waals surface area contributed by atoms with E-state index >= 15 is 0 Å². The van der Waals surface area contributed by atoms with E-state index in [-0.39, 0.29) is 0 Å². The molecule has 0 spiro atoms. The van der Waals surface area contributed by atoms with Gasteiger partial charge < -0.3 is 0 Å². The lowest BCUT2D eigenvalue weighted by Crippen LogP contribution is -1.82. The molecule has 0 saturated carbocycles. The van der Waals surface area contributed by atoms with Crippen LogP contribution >= 0.6 is 50.7 Å². The van der Waals surface area contributed by atoms with Crippen LogP contribution in [0.25, 0.3) is 0 Å². The molecule has 0 fully saturated rings. The molecule has 0 amide bonds. The summed E-state index contributed by atoms with van der Waals surface area (Å²) in [7, 11) is 0. The van der Waals surface area contributed by atoms with Crippen LogP contribution in [0.2, 0.25) is 5.02 Å². The fourth-order valence-corrected chi connectivity index (χ4v) is 2.23. The Bertz CT molecular complexity index is 260. The number of rotatable bonds is 1. The van der Waals surface area contributed by atoms with Crippen LogP contribution in [-0.2, 0) is 0 Å².